The quantitative estimate of drug-likeness (QED) is 0.854. The maximum Gasteiger partial charge on any atom is 0.113 e. The fourth-order valence-electron chi connectivity index (χ4n) is 2.36. The average molecular weight is 363 g/mol. The van der Waals surface area contributed by atoms with Gasteiger partial charge in [-0.2, -0.15) is 16.9 Å². The first kappa shape index (κ1) is 16.3. The van der Waals surface area contributed by atoms with Crippen LogP contribution in [0.15, 0.2) is 10.7 Å². The van der Waals surface area contributed by atoms with Crippen molar-refractivity contribution in [1.29, 1.82) is 0 Å². The maximum atomic E-state index is 10.8. The van der Waals surface area contributed by atoms with E-state index in [9.17, 15) is 5.11 Å². The molecular formula is C13H23BrN4OS. The SMILES string of the molecule is CN(C)CCn1ncc(Br)c1C(O)C1CSCCN1C. The van der Waals surface area contributed by atoms with E-state index in [2.05, 4.69) is 37.9 Å². The van der Waals surface area contributed by atoms with Crippen molar-refractivity contribution >= 4 is 27.7 Å². The molecule has 0 aliphatic carbocycles. The maximum absolute atomic E-state index is 10.8. The van der Waals surface area contributed by atoms with Crippen LogP contribution in [0.1, 0.15) is 11.8 Å². The van der Waals surface area contributed by atoms with Crippen LogP contribution in [0.5, 0.6) is 0 Å². The number of thioether (sulfide) groups is 1. The minimum Gasteiger partial charge on any atom is -0.385 e. The van der Waals surface area contributed by atoms with Gasteiger partial charge in [0.2, 0.25) is 0 Å². The Bertz CT molecular complexity index is 440. The van der Waals surface area contributed by atoms with Crippen LogP contribution in [0.25, 0.3) is 0 Å². The third-order valence-corrected chi connectivity index (χ3v) is 5.34. The molecule has 1 aromatic heterocycles. The number of halogens is 1. The second-order valence-corrected chi connectivity index (χ2v) is 7.48. The van der Waals surface area contributed by atoms with Crippen molar-refractivity contribution in [3.8, 4) is 0 Å². The normalized spacial score (nSPS) is 22.4. The minimum absolute atomic E-state index is 0.153. The molecule has 2 atom stereocenters. The van der Waals surface area contributed by atoms with Gasteiger partial charge in [0.05, 0.1) is 29.0 Å². The van der Waals surface area contributed by atoms with E-state index < -0.39 is 6.10 Å². The van der Waals surface area contributed by atoms with Crippen LogP contribution in [0.4, 0.5) is 0 Å². The van der Waals surface area contributed by atoms with Gasteiger partial charge in [0, 0.05) is 24.6 Å². The highest BCUT2D eigenvalue weighted by Gasteiger charge is 2.31. The molecule has 2 rings (SSSR count). The number of rotatable bonds is 5. The van der Waals surface area contributed by atoms with E-state index in [1.165, 1.54) is 0 Å². The third-order valence-electron chi connectivity index (χ3n) is 3.68. The number of nitrogens with zero attached hydrogens (tertiary/aromatic N) is 4. The topological polar surface area (TPSA) is 44.5 Å². The highest BCUT2D eigenvalue weighted by atomic mass is 79.9. The summed E-state index contributed by atoms with van der Waals surface area (Å²) < 4.78 is 2.81. The van der Waals surface area contributed by atoms with E-state index in [1.54, 1.807) is 6.20 Å². The molecule has 1 aliphatic heterocycles. The summed E-state index contributed by atoms with van der Waals surface area (Å²) in [7, 11) is 6.17. The van der Waals surface area contributed by atoms with Crippen LogP contribution in [0, 0.1) is 0 Å². The second kappa shape index (κ2) is 7.26. The Balaban J connectivity index is 2.15. The van der Waals surface area contributed by atoms with Gasteiger partial charge in [0.25, 0.3) is 0 Å². The molecule has 0 aromatic carbocycles. The Kier molecular flexibility index (Phi) is 5.92. The fourth-order valence-corrected chi connectivity index (χ4v) is 4.15. The zero-order valence-electron chi connectivity index (χ0n) is 12.3. The van der Waals surface area contributed by atoms with Gasteiger partial charge in [-0.05, 0) is 37.1 Å². The molecule has 114 valence electrons. The number of aliphatic hydroxyl groups excluding tert-OH is 1. The molecule has 0 saturated carbocycles. The number of aliphatic hydroxyl groups is 1. The molecule has 1 aromatic rings. The Morgan fingerprint density at radius 2 is 2.35 bits per heavy atom. The summed E-state index contributed by atoms with van der Waals surface area (Å²) in [6, 6.07) is 0.153. The summed E-state index contributed by atoms with van der Waals surface area (Å²) >= 11 is 5.44. The Morgan fingerprint density at radius 1 is 1.60 bits per heavy atom. The second-order valence-electron chi connectivity index (χ2n) is 5.47. The fraction of sp³-hybridized carbons (Fsp3) is 0.769. The van der Waals surface area contributed by atoms with Gasteiger partial charge >= 0.3 is 0 Å². The number of aromatic nitrogens is 2. The molecule has 0 amide bonds. The lowest BCUT2D eigenvalue weighted by atomic mass is 10.1. The van der Waals surface area contributed by atoms with Gasteiger partial charge in [-0.1, -0.05) is 0 Å². The first-order chi connectivity index (χ1) is 9.50. The number of hydrogen-bond acceptors (Lipinski definition) is 5. The van der Waals surface area contributed by atoms with Crippen molar-refractivity contribution < 1.29 is 5.11 Å². The number of hydrogen-bond donors (Lipinski definition) is 1. The molecule has 2 heterocycles. The molecule has 1 aliphatic rings. The largest absolute Gasteiger partial charge is 0.385 e. The molecule has 5 nitrogen and oxygen atoms in total. The van der Waals surface area contributed by atoms with Gasteiger partial charge in [0.1, 0.15) is 6.10 Å². The highest BCUT2D eigenvalue weighted by Crippen LogP contribution is 2.31. The van der Waals surface area contributed by atoms with Gasteiger partial charge in [0.15, 0.2) is 0 Å². The van der Waals surface area contributed by atoms with Gasteiger partial charge in [-0.15, -0.1) is 0 Å². The predicted molar refractivity (Wildman–Crippen MR) is 87.2 cm³/mol. The average Bonchev–Trinajstić information content (AvgIpc) is 2.77. The zero-order valence-corrected chi connectivity index (χ0v) is 14.7. The molecule has 2 unspecified atom stereocenters. The standard InChI is InChI=1S/C13H23BrN4OS/c1-16(2)4-5-18-12(10(14)8-15-18)13(19)11-9-20-7-6-17(11)3/h8,11,13,19H,4-7,9H2,1-3H3. The number of likely N-dealkylation sites (N-methyl/N-ethyl adjacent to an activating group) is 2. The first-order valence-corrected chi connectivity index (χ1v) is 8.77. The molecular weight excluding hydrogens is 340 g/mol. The van der Waals surface area contributed by atoms with Crippen LogP contribution in [0.2, 0.25) is 0 Å². The summed E-state index contributed by atoms with van der Waals surface area (Å²) in [4.78, 5) is 4.37. The minimum atomic E-state index is -0.508. The zero-order chi connectivity index (χ0) is 14.7. The van der Waals surface area contributed by atoms with Crippen molar-refractivity contribution in [2.75, 3.05) is 45.7 Å². The molecule has 1 fully saturated rings. The molecule has 20 heavy (non-hydrogen) atoms. The summed E-state index contributed by atoms with van der Waals surface area (Å²) in [6.45, 7) is 2.72. The van der Waals surface area contributed by atoms with Gasteiger partial charge in [-0.25, -0.2) is 0 Å². The van der Waals surface area contributed by atoms with E-state index >= 15 is 0 Å². The van der Waals surface area contributed by atoms with Crippen molar-refractivity contribution in [2.45, 2.75) is 18.7 Å². The Hall–Kier alpha value is -0.0800. The van der Waals surface area contributed by atoms with E-state index in [4.69, 9.17) is 0 Å². The molecule has 0 bridgehead atoms. The Morgan fingerprint density at radius 3 is 3.00 bits per heavy atom. The third kappa shape index (κ3) is 3.76. The predicted octanol–water partition coefficient (Wildman–Crippen LogP) is 1.29. The monoisotopic (exact) mass is 362 g/mol. The van der Waals surface area contributed by atoms with Crippen LogP contribution < -0.4 is 0 Å². The summed E-state index contributed by atoms with van der Waals surface area (Å²) in [5.41, 5.74) is 0.895. The van der Waals surface area contributed by atoms with Crippen molar-refractivity contribution in [2.24, 2.45) is 0 Å². The molecule has 7 heteroatoms. The van der Waals surface area contributed by atoms with Crippen LogP contribution in [0.3, 0.4) is 0 Å². The smallest absolute Gasteiger partial charge is 0.113 e. The van der Waals surface area contributed by atoms with Gasteiger partial charge in [-0.3, -0.25) is 9.58 Å². The van der Waals surface area contributed by atoms with Crippen molar-refractivity contribution in [3.05, 3.63) is 16.4 Å². The van der Waals surface area contributed by atoms with Crippen molar-refractivity contribution in [1.82, 2.24) is 19.6 Å². The summed E-state index contributed by atoms with van der Waals surface area (Å²) in [6.07, 6.45) is 1.27. The van der Waals surface area contributed by atoms with Crippen molar-refractivity contribution in [3.63, 3.8) is 0 Å². The lowest BCUT2D eigenvalue weighted by molar-refractivity contribution is 0.0679. The first-order valence-electron chi connectivity index (χ1n) is 6.82. The van der Waals surface area contributed by atoms with Gasteiger partial charge < -0.3 is 10.0 Å². The van der Waals surface area contributed by atoms with Crippen LogP contribution in [-0.2, 0) is 6.54 Å². The molecule has 1 saturated heterocycles. The van der Waals surface area contributed by atoms with E-state index in [1.807, 2.05) is 30.5 Å². The Labute approximate surface area is 133 Å². The highest BCUT2D eigenvalue weighted by molar-refractivity contribution is 9.10. The molecule has 0 spiro atoms. The molecule has 1 N–H and O–H groups in total. The molecule has 0 radical (unpaired) electrons. The summed E-state index contributed by atoms with van der Waals surface area (Å²) in [5, 5.41) is 15.2. The lowest BCUT2D eigenvalue weighted by Gasteiger charge is -2.35. The van der Waals surface area contributed by atoms with E-state index in [0.29, 0.717) is 0 Å². The van der Waals surface area contributed by atoms with E-state index in [0.717, 1.165) is 41.3 Å². The van der Waals surface area contributed by atoms with E-state index in [-0.39, 0.29) is 6.04 Å². The summed E-state index contributed by atoms with van der Waals surface area (Å²) in [5.74, 6) is 2.10. The lowest BCUT2D eigenvalue weighted by Crippen LogP contribution is -2.44. The van der Waals surface area contributed by atoms with Crippen LogP contribution >= 0.6 is 27.7 Å². The van der Waals surface area contributed by atoms with Crippen LogP contribution in [-0.4, -0.2) is 76.5 Å².